The fourth-order valence-electron chi connectivity index (χ4n) is 5.87. The number of halogens is 4. The average Bonchev–Trinajstić information content (AvgIpc) is 3.67. The Balaban J connectivity index is 1.40. The molecule has 1 saturated heterocycles. The highest BCUT2D eigenvalue weighted by Crippen LogP contribution is 2.34. The van der Waals surface area contributed by atoms with Gasteiger partial charge in [-0.1, -0.05) is 36.7 Å². The number of ether oxygens (including phenoxy) is 1. The number of alkyl halides is 3. The maximum Gasteiger partial charge on any atom is 0.416 e. The highest BCUT2D eigenvalue weighted by atomic mass is 35.5. The van der Waals surface area contributed by atoms with E-state index in [9.17, 15) is 27.9 Å². The van der Waals surface area contributed by atoms with Gasteiger partial charge in [0.1, 0.15) is 29.4 Å². The zero-order chi connectivity index (χ0) is 35.2. The first-order chi connectivity index (χ1) is 23.1. The van der Waals surface area contributed by atoms with Crippen LogP contribution in [0, 0.1) is 0 Å². The summed E-state index contributed by atoms with van der Waals surface area (Å²) in [7, 11) is 0. The largest absolute Gasteiger partial charge is 0.464 e. The molecular weight excluding hydrogens is 667 g/mol. The lowest BCUT2D eigenvalue weighted by atomic mass is 10.2. The summed E-state index contributed by atoms with van der Waals surface area (Å²) in [6, 6.07) is 10.1. The van der Waals surface area contributed by atoms with E-state index in [1.165, 1.54) is 10.8 Å². The van der Waals surface area contributed by atoms with Gasteiger partial charge in [0.15, 0.2) is 5.82 Å². The van der Waals surface area contributed by atoms with Crippen molar-refractivity contribution in [3.63, 3.8) is 0 Å². The standard InChI is InChI=1S/C33H35ClF3N7O5/c1-5-24-27(41-12-14-42(15-13-41)31(47)49-32(2,3)4)29(46)44-30(39-28(40-44)21-18-48-25-9-7-6-8-20(21)25)43(24)17-26(45)38-23-11-10-19(16-22(23)34)33(35,36)37/h6-11,16,18,26,38,45H,5,12-15,17H2,1-4H3. The predicted molar refractivity (Wildman–Crippen MR) is 178 cm³/mol. The van der Waals surface area contributed by atoms with E-state index in [-0.39, 0.29) is 28.9 Å². The van der Waals surface area contributed by atoms with Crippen molar-refractivity contribution in [2.75, 3.05) is 36.4 Å². The minimum absolute atomic E-state index is 0.0859. The zero-order valence-corrected chi connectivity index (χ0v) is 28.0. The van der Waals surface area contributed by atoms with Crippen molar-refractivity contribution in [3.8, 4) is 11.4 Å². The van der Waals surface area contributed by atoms with Gasteiger partial charge in [0.2, 0.25) is 5.78 Å². The number of carbonyl (C=O) groups is 1. The molecule has 0 spiro atoms. The number of benzene rings is 2. The zero-order valence-electron chi connectivity index (χ0n) is 27.2. The van der Waals surface area contributed by atoms with E-state index in [2.05, 4.69) is 10.4 Å². The summed E-state index contributed by atoms with van der Waals surface area (Å²) in [4.78, 5) is 35.2. The number of hydrogen-bond donors (Lipinski definition) is 2. The Hall–Kier alpha value is -4.76. The molecule has 5 aromatic rings. The van der Waals surface area contributed by atoms with Crippen LogP contribution < -0.4 is 15.8 Å². The second-order valence-corrected chi connectivity index (χ2v) is 13.1. The second-order valence-electron chi connectivity index (χ2n) is 12.7. The van der Waals surface area contributed by atoms with E-state index in [0.717, 1.165) is 23.6 Å². The van der Waals surface area contributed by atoms with Crippen LogP contribution in [-0.4, -0.2) is 73.3 Å². The topological polar surface area (TPSA) is 130 Å². The molecular formula is C33H35ClF3N7O5. The molecule has 2 aromatic carbocycles. The van der Waals surface area contributed by atoms with Gasteiger partial charge in [0.25, 0.3) is 5.56 Å². The van der Waals surface area contributed by atoms with Gasteiger partial charge in [-0.3, -0.25) is 4.79 Å². The van der Waals surface area contributed by atoms with Gasteiger partial charge in [-0.25, -0.2) is 4.79 Å². The molecule has 16 heteroatoms. The number of nitrogens with one attached hydrogen (secondary N) is 1. The molecule has 1 aliphatic heterocycles. The lowest BCUT2D eigenvalue weighted by Gasteiger charge is -2.37. The Bertz CT molecular complexity index is 2080. The van der Waals surface area contributed by atoms with Gasteiger partial charge in [-0.05, 0) is 51.5 Å². The summed E-state index contributed by atoms with van der Waals surface area (Å²) >= 11 is 6.16. The maximum atomic E-state index is 14.2. The highest BCUT2D eigenvalue weighted by Gasteiger charge is 2.32. The van der Waals surface area contributed by atoms with Crippen LogP contribution in [-0.2, 0) is 23.9 Å². The molecule has 260 valence electrons. The van der Waals surface area contributed by atoms with Gasteiger partial charge in [0.05, 0.1) is 28.4 Å². The van der Waals surface area contributed by atoms with Gasteiger partial charge in [0, 0.05) is 37.3 Å². The first-order valence-electron chi connectivity index (χ1n) is 15.7. The lowest BCUT2D eigenvalue weighted by molar-refractivity contribution is -0.137. The lowest BCUT2D eigenvalue weighted by Crippen LogP contribution is -2.51. The number of furan rings is 1. The molecule has 0 bridgehead atoms. The number of aliphatic hydroxyl groups excluding tert-OH is 1. The molecule has 4 heterocycles. The SMILES string of the molecule is CCc1c(N2CCN(C(=O)OC(C)(C)C)CC2)c(=O)n2nc(-c3coc4ccccc34)nc2n1CC(O)Nc1ccc(C(F)(F)F)cc1Cl. The number of nitrogens with zero attached hydrogens (tertiary/aromatic N) is 6. The fourth-order valence-corrected chi connectivity index (χ4v) is 6.10. The predicted octanol–water partition coefficient (Wildman–Crippen LogP) is 6.03. The van der Waals surface area contributed by atoms with E-state index < -0.39 is 35.2 Å². The Kier molecular flexibility index (Phi) is 9.00. The minimum Gasteiger partial charge on any atom is -0.464 e. The molecule has 2 N–H and O–H groups in total. The van der Waals surface area contributed by atoms with Crippen LogP contribution in [0.15, 0.2) is 57.9 Å². The van der Waals surface area contributed by atoms with Crippen molar-refractivity contribution in [2.24, 2.45) is 0 Å². The number of rotatable bonds is 7. The molecule has 1 fully saturated rings. The molecule has 1 atom stereocenters. The number of amides is 1. The Morgan fingerprint density at radius 2 is 1.84 bits per heavy atom. The van der Waals surface area contributed by atoms with Crippen LogP contribution >= 0.6 is 11.6 Å². The van der Waals surface area contributed by atoms with E-state index in [1.54, 1.807) is 36.3 Å². The number of carbonyl (C=O) groups excluding carboxylic acids is 1. The summed E-state index contributed by atoms with van der Waals surface area (Å²) < 4.78 is 53.7. The van der Waals surface area contributed by atoms with Crippen molar-refractivity contribution in [1.29, 1.82) is 0 Å². The summed E-state index contributed by atoms with van der Waals surface area (Å²) in [5, 5.41) is 19.1. The molecule has 0 aliphatic carbocycles. The average molecular weight is 702 g/mol. The Morgan fingerprint density at radius 1 is 1.12 bits per heavy atom. The molecule has 1 amide bonds. The van der Waals surface area contributed by atoms with Crippen molar-refractivity contribution in [2.45, 2.75) is 58.7 Å². The summed E-state index contributed by atoms with van der Waals surface area (Å²) in [5.74, 6) is 0.357. The normalized spacial score (nSPS) is 14.9. The second kappa shape index (κ2) is 12.9. The summed E-state index contributed by atoms with van der Waals surface area (Å²) in [6.45, 7) is 8.30. The van der Waals surface area contributed by atoms with Crippen molar-refractivity contribution >= 4 is 45.8 Å². The summed E-state index contributed by atoms with van der Waals surface area (Å²) in [5.41, 5.74) is 0.102. The molecule has 12 nitrogen and oxygen atoms in total. The van der Waals surface area contributed by atoms with E-state index in [0.29, 0.717) is 55.1 Å². The van der Waals surface area contributed by atoms with Crippen LogP contribution in [0.25, 0.3) is 28.1 Å². The highest BCUT2D eigenvalue weighted by molar-refractivity contribution is 6.33. The van der Waals surface area contributed by atoms with Gasteiger partial charge in [-0.2, -0.15) is 22.7 Å². The Labute approximate surface area is 283 Å². The van der Waals surface area contributed by atoms with Crippen LogP contribution in [0.3, 0.4) is 0 Å². The number of aliphatic hydroxyl groups is 1. The first kappa shape index (κ1) is 34.1. The molecule has 49 heavy (non-hydrogen) atoms. The summed E-state index contributed by atoms with van der Waals surface area (Å²) in [6.07, 6.45) is -4.55. The number of aromatic nitrogens is 4. The van der Waals surface area contributed by atoms with Crippen molar-refractivity contribution < 1.29 is 32.2 Å². The van der Waals surface area contributed by atoms with Crippen LogP contribution in [0.1, 0.15) is 39.0 Å². The fraction of sp³-hybridized carbons (Fsp3) is 0.394. The molecule has 6 rings (SSSR count). The van der Waals surface area contributed by atoms with Gasteiger partial charge < -0.3 is 33.9 Å². The number of hydrogen-bond acceptors (Lipinski definition) is 9. The van der Waals surface area contributed by atoms with E-state index in [4.69, 9.17) is 25.7 Å². The Morgan fingerprint density at radius 3 is 2.49 bits per heavy atom. The third-order valence-corrected chi connectivity index (χ3v) is 8.42. The number of para-hydroxylation sites is 1. The minimum atomic E-state index is -4.58. The number of anilines is 2. The van der Waals surface area contributed by atoms with E-state index >= 15 is 0 Å². The maximum absolute atomic E-state index is 14.2. The van der Waals surface area contributed by atoms with Gasteiger partial charge >= 0.3 is 12.3 Å². The molecule has 0 saturated carbocycles. The monoisotopic (exact) mass is 701 g/mol. The van der Waals surface area contributed by atoms with Crippen LogP contribution in [0.5, 0.6) is 0 Å². The van der Waals surface area contributed by atoms with Crippen molar-refractivity contribution in [1.82, 2.24) is 24.1 Å². The van der Waals surface area contributed by atoms with E-state index in [1.807, 2.05) is 30.0 Å². The molecule has 3 aromatic heterocycles. The molecule has 1 unspecified atom stereocenters. The smallest absolute Gasteiger partial charge is 0.416 e. The van der Waals surface area contributed by atoms with Crippen LogP contribution in [0.2, 0.25) is 5.02 Å². The third kappa shape index (κ3) is 6.90. The van der Waals surface area contributed by atoms with Crippen molar-refractivity contribution in [3.05, 3.63) is 75.4 Å². The first-order valence-corrected chi connectivity index (χ1v) is 16.1. The quantitative estimate of drug-likeness (QED) is 0.196. The number of fused-ring (bicyclic) bond motifs is 2. The van der Waals surface area contributed by atoms with Crippen LogP contribution in [0.4, 0.5) is 29.3 Å². The third-order valence-electron chi connectivity index (χ3n) is 8.10. The molecule has 0 radical (unpaired) electrons. The van der Waals surface area contributed by atoms with Gasteiger partial charge in [-0.15, -0.1) is 5.10 Å². The number of piperazine rings is 1. The molecule has 1 aliphatic rings.